The lowest BCUT2D eigenvalue weighted by molar-refractivity contribution is 0.0969. The van der Waals surface area contributed by atoms with Crippen LogP contribution in [0.25, 0.3) is 11.0 Å². The molecule has 7 heteroatoms. The maximum atomic E-state index is 13.5. The molecular formula is C22H15ClN2O4. The normalized spacial score (nSPS) is 15.9. The smallest absolute Gasteiger partial charge is 0.296 e. The summed E-state index contributed by atoms with van der Waals surface area (Å²) < 4.78 is 11.1. The second-order valence-electron chi connectivity index (χ2n) is 7.06. The molecule has 0 bridgehead atoms. The van der Waals surface area contributed by atoms with Gasteiger partial charge in [-0.15, -0.1) is 0 Å². The predicted octanol–water partition coefficient (Wildman–Crippen LogP) is 4.80. The highest BCUT2D eigenvalue weighted by Gasteiger charge is 2.44. The number of benzene rings is 2. The first-order valence-electron chi connectivity index (χ1n) is 9.04. The minimum atomic E-state index is -0.677. The summed E-state index contributed by atoms with van der Waals surface area (Å²) in [7, 11) is 0. The number of carbonyl (C=O) groups excluding carboxylic acids is 1. The van der Waals surface area contributed by atoms with Crippen LogP contribution in [0.3, 0.4) is 0 Å². The molecule has 5 rings (SSSR count). The van der Waals surface area contributed by atoms with Crippen molar-refractivity contribution >= 4 is 34.3 Å². The number of halogens is 1. The van der Waals surface area contributed by atoms with Crippen LogP contribution in [-0.2, 0) is 0 Å². The van der Waals surface area contributed by atoms with E-state index in [4.69, 9.17) is 20.5 Å². The maximum Gasteiger partial charge on any atom is 0.296 e. The number of hydrogen-bond donors (Lipinski definition) is 0. The molecule has 0 spiro atoms. The van der Waals surface area contributed by atoms with Crippen LogP contribution in [0.1, 0.15) is 39.0 Å². The Balaban J connectivity index is 1.84. The molecule has 0 aliphatic carbocycles. The van der Waals surface area contributed by atoms with Crippen LogP contribution >= 0.6 is 11.6 Å². The molecular weight excluding hydrogens is 392 g/mol. The van der Waals surface area contributed by atoms with Gasteiger partial charge in [0.25, 0.3) is 5.91 Å². The number of aromatic nitrogens is 1. The lowest BCUT2D eigenvalue weighted by Gasteiger charge is -2.22. The maximum absolute atomic E-state index is 13.5. The summed E-state index contributed by atoms with van der Waals surface area (Å²) in [5.41, 5.74) is 1.85. The summed E-state index contributed by atoms with van der Waals surface area (Å²) in [4.78, 5) is 28.2. The Hall–Kier alpha value is -3.38. The molecule has 1 amide bonds. The Kier molecular flexibility index (Phi) is 3.86. The third-order valence-corrected chi connectivity index (χ3v) is 5.54. The van der Waals surface area contributed by atoms with Crippen LogP contribution in [0.5, 0.6) is 0 Å². The van der Waals surface area contributed by atoms with Crippen LogP contribution in [0.15, 0.2) is 62.3 Å². The molecule has 0 N–H and O–H groups in total. The monoisotopic (exact) mass is 406 g/mol. The van der Waals surface area contributed by atoms with E-state index in [9.17, 15) is 9.59 Å². The number of amides is 1. The second kappa shape index (κ2) is 6.32. The first kappa shape index (κ1) is 17.7. The molecule has 4 aromatic rings. The Morgan fingerprint density at radius 1 is 1.07 bits per heavy atom. The molecule has 1 atom stereocenters. The topological polar surface area (TPSA) is 76.6 Å². The van der Waals surface area contributed by atoms with Crippen LogP contribution in [0.2, 0.25) is 5.02 Å². The summed E-state index contributed by atoms with van der Waals surface area (Å²) >= 11 is 6.24. The standard InChI is InChI=1S/C22H15ClN2O4/c1-11-8-16-14(10-15(11)23)20(26)18-19(13-6-4-3-5-7-13)25(22(27)21(18)28-16)17-9-12(2)29-24-17/h3-10,19H,1-2H3/t19-/m0/s1. The lowest BCUT2D eigenvalue weighted by atomic mass is 9.98. The summed E-state index contributed by atoms with van der Waals surface area (Å²) in [5, 5.41) is 4.81. The Morgan fingerprint density at radius 3 is 2.52 bits per heavy atom. The lowest BCUT2D eigenvalue weighted by Crippen LogP contribution is -2.29. The highest BCUT2D eigenvalue weighted by Crippen LogP contribution is 2.41. The molecule has 0 unspecified atom stereocenters. The summed E-state index contributed by atoms with van der Waals surface area (Å²) in [6.07, 6.45) is 0. The molecule has 6 nitrogen and oxygen atoms in total. The molecule has 144 valence electrons. The van der Waals surface area contributed by atoms with Crippen molar-refractivity contribution in [1.82, 2.24) is 5.16 Å². The molecule has 2 aromatic carbocycles. The van der Waals surface area contributed by atoms with Gasteiger partial charge in [0.1, 0.15) is 11.3 Å². The van der Waals surface area contributed by atoms with E-state index < -0.39 is 11.9 Å². The fraction of sp³-hybridized carbons (Fsp3) is 0.136. The largest absolute Gasteiger partial charge is 0.450 e. The van der Waals surface area contributed by atoms with Gasteiger partial charge in [-0.1, -0.05) is 47.1 Å². The fourth-order valence-electron chi connectivity index (χ4n) is 3.75. The van der Waals surface area contributed by atoms with E-state index in [0.717, 1.165) is 11.1 Å². The molecule has 1 aliphatic heterocycles. The van der Waals surface area contributed by atoms with Crippen molar-refractivity contribution < 1.29 is 13.7 Å². The average Bonchev–Trinajstić information content (AvgIpc) is 3.26. The Morgan fingerprint density at radius 2 is 1.83 bits per heavy atom. The minimum Gasteiger partial charge on any atom is -0.450 e. The Labute approximate surface area is 170 Å². The predicted molar refractivity (Wildman–Crippen MR) is 109 cm³/mol. The van der Waals surface area contributed by atoms with Gasteiger partial charge in [-0.25, -0.2) is 0 Å². The third-order valence-electron chi connectivity index (χ3n) is 5.13. The average molecular weight is 407 g/mol. The highest BCUT2D eigenvalue weighted by atomic mass is 35.5. The van der Waals surface area contributed by atoms with E-state index in [2.05, 4.69) is 5.16 Å². The Bertz CT molecular complexity index is 1340. The zero-order chi connectivity index (χ0) is 20.3. The molecule has 29 heavy (non-hydrogen) atoms. The number of aryl methyl sites for hydroxylation is 2. The van der Waals surface area contributed by atoms with Crippen LogP contribution in [0, 0.1) is 13.8 Å². The molecule has 0 saturated heterocycles. The van der Waals surface area contributed by atoms with Gasteiger partial charge in [0.2, 0.25) is 5.76 Å². The van der Waals surface area contributed by atoms with E-state index >= 15 is 0 Å². The molecule has 0 saturated carbocycles. The fourth-order valence-corrected chi connectivity index (χ4v) is 3.91. The first-order valence-corrected chi connectivity index (χ1v) is 9.42. The number of nitrogens with zero attached hydrogens (tertiary/aromatic N) is 2. The van der Waals surface area contributed by atoms with E-state index in [1.165, 1.54) is 4.90 Å². The van der Waals surface area contributed by atoms with E-state index in [1.54, 1.807) is 25.1 Å². The minimum absolute atomic E-state index is 0.0127. The van der Waals surface area contributed by atoms with Gasteiger partial charge < -0.3 is 8.94 Å². The van der Waals surface area contributed by atoms with Crippen molar-refractivity contribution in [2.75, 3.05) is 4.90 Å². The van der Waals surface area contributed by atoms with E-state index in [0.29, 0.717) is 27.6 Å². The van der Waals surface area contributed by atoms with Crippen LogP contribution in [0.4, 0.5) is 5.82 Å². The van der Waals surface area contributed by atoms with E-state index in [-0.39, 0.29) is 16.8 Å². The van der Waals surface area contributed by atoms with Crippen LogP contribution < -0.4 is 10.3 Å². The summed E-state index contributed by atoms with van der Waals surface area (Å²) in [6.45, 7) is 3.55. The highest BCUT2D eigenvalue weighted by molar-refractivity contribution is 6.32. The zero-order valence-electron chi connectivity index (χ0n) is 15.6. The quantitative estimate of drug-likeness (QED) is 0.478. The van der Waals surface area contributed by atoms with Gasteiger partial charge in [-0.2, -0.15) is 0 Å². The van der Waals surface area contributed by atoms with Crippen LogP contribution in [-0.4, -0.2) is 11.1 Å². The molecule has 3 heterocycles. The number of rotatable bonds is 2. The second-order valence-corrected chi connectivity index (χ2v) is 7.46. The van der Waals surface area contributed by atoms with Gasteiger partial charge >= 0.3 is 0 Å². The number of carbonyl (C=O) groups is 1. The van der Waals surface area contributed by atoms with Crippen molar-refractivity contribution in [2.45, 2.75) is 19.9 Å². The van der Waals surface area contributed by atoms with Gasteiger partial charge in [-0.05, 0) is 37.1 Å². The van der Waals surface area contributed by atoms with Gasteiger partial charge in [0.05, 0.1) is 17.0 Å². The number of anilines is 1. The van der Waals surface area contributed by atoms with Crippen molar-refractivity contribution in [3.8, 4) is 0 Å². The van der Waals surface area contributed by atoms with E-state index in [1.807, 2.05) is 37.3 Å². The molecule has 0 radical (unpaired) electrons. The number of hydrogen-bond acceptors (Lipinski definition) is 5. The van der Waals surface area contributed by atoms with Gasteiger partial charge in [0.15, 0.2) is 11.2 Å². The molecule has 1 aliphatic rings. The zero-order valence-corrected chi connectivity index (χ0v) is 16.4. The first-order chi connectivity index (χ1) is 14.0. The molecule has 2 aromatic heterocycles. The van der Waals surface area contributed by atoms with Gasteiger partial charge in [0, 0.05) is 11.1 Å². The van der Waals surface area contributed by atoms with Gasteiger partial charge in [-0.3, -0.25) is 14.5 Å². The van der Waals surface area contributed by atoms with Crippen molar-refractivity contribution in [2.24, 2.45) is 0 Å². The molecule has 0 fully saturated rings. The number of fused-ring (bicyclic) bond motifs is 2. The van der Waals surface area contributed by atoms with Crippen molar-refractivity contribution in [1.29, 1.82) is 0 Å². The van der Waals surface area contributed by atoms with Crippen molar-refractivity contribution in [3.63, 3.8) is 0 Å². The van der Waals surface area contributed by atoms with Crippen molar-refractivity contribution in [3.05, 3.63) is 92.0 Å². The third kappa shape index (κ3) is 2.60. The SMILES string of the molecule is Cc1cc(N2C(=O)c3oc4cc(C)c(Cl)cc4c(=O)c3[C@@H]2c2ccccc2)no1. The summed E-state index contributed by atoms with van der Waals surface area (Å²) in [6, 6.07) is 13.5. The summed E-state index contributed by atoms with van der Waals surface area (Å²) in [5.74, 6) is 0.459.